The first-order valence-electron chi connectivity index (χ1n) is 21.0. The molecular formula is C44H79NO8P+. The van der Waals surface area contributed by atoms with E-state index in [4.69, 9.17) is 18.5 Å². The number of hydrogen-bond acceptors (Lipinski definition) is 7. The van der Waals surface area contributed by atoms with E-state index < -0.39 is 26.5 Å². The smallest absolute Gasteiger partial charge is 0.462 e. The van der Waals surface area contributed by atoms with E-state index in [1.165, 1.54) is 38.5 Å². The summed E-state index contributed by atoms with van der Waals surface area (Å²) in [7, 11) is 1.44. The molecule has 9 nitrogen and oxygen atoms in total. The minimum atomic E-state index is -4.38. The fraction of sp³-hybridized carbons (Fsp3) is 0.727. The number of phosphoric acid groups is 1. The van der Waals surface area contributed by atoms with Gasteiger partial charge in [0.2, 0.25) is 0 Å². The van der Waals surface area contributed by atoms with Crippen LogP contribution in [-0.2, 0) is 32.7 Å². The maximum atomic E-state index is 12.7. The molecule has 0 aliphatic carbocycles. The van der Waals surface area contributed by atoms with Crippen LogP contribution in [0.2, 0.25) is 0 Å². The largest absolute Gasteiger partial charge is 0.472 e. The van der Waals surface area contributed by atoms with Crippen molar-refractivity contribution in [1.82, 2.24) is 0 Å². The van der Waals surface area contributed by atoms with Crippen LogP contribution >= 0.6 is 7.82 Å². The third-order valence-electron chi connectivity index (χ3n) is 8.50. The SMILES string of the molecule is CCC/C=C/C/C=C/C/C=C/C/C=C/CCCCCC(=O)O[C@H](COC(=O)CCCCCCC/C=C/CCCCCC)COP(=O)(O)OCC[N+](C)(C)C. The van der Waals surface area contributed by atoms with Gasteiger partial charge in [0, 0.05) is 12.8 Å². The highest BCUT2D eigenvalue weighted by atomic mass is 31.2. The van der Waals surface area contributed by atoms with Crippen LogP contribution in [0.3, 0.4) is 0 Å². The number of carbonyl (C=O) groups excluding carboxylic acids is 2. The van der Waals surface area contributed by atoms with Gasteiger partial charge in [-0.15, -0.1) is 0 Å². The Hall–Kier alpha value is -2.29. The normalized spacial score (nSPS) is 14.3. The third kappa shape index (κ3) is 39.4. The van der Waals surface area contributed by atoms with Crippen LogP contribution in [0.15, 0.2) is 60.8 Å². The van der Waals surface area contributed by atoms with Gasteiger partial charge < -0.3 is 18.9 Å². The highest BCUT2D eigenvalue weighted by molar-refractivity contribution is 7.47. The molecule has 0 spiro atoms. The van der Waals surface area contributed by atoms with Crippen LogP contribution in [0.1, 0.15) is 155 Å². The number of quaternary nitrogens is 1. The Labute approximate surface area is 330 Å². The first-order valence-corrected chi connectivity index (χ1v) is 22.5. The van der Waals surface area contributed by atoms with Crippen molar-refractivity contribution in [3.8, 4) is 0 Å². The second-order valence-corrected chi connectivity index (χ2v) is 16.5. The van der Waals surface area contributed by atoms with Gasteiger partial charge in [-0.2, -0.15) is 0 Å². The molecule has 0 aromatic carbocycles. The van der Waals surface area contributed by atoms with Gasteiger partial charge in [-0.05, 0) is 77.0 Å². The van der Waals surface area contributed by atoms with E-state index in [-0.39, 0.29) is 32.0 Å². The van der Waals surface area contributed by atoms with Crippen molar-refractivity contribution >= 4 is 19.8 Å². The van der Waals surface area contributed by atoms with Crippen LogP contribution in [0.5, 0.6) is 0 Å². The number of carbonyl (C=O) groups is 2. The molecule has 0 bridgehead atoms. The fourth-order valence-electron chi connectivity index (χ4n) is 5.17. The number of unbranched alkanes of at least 4 members (excludes halogenated alkanes) is 13. The molecule has 0 aliphatic heterocycles. The van der Waals surface area contributed by atoms with E-state index in [1.807, 2.05) is 21.1 Å². The van der Waals surface area contributed by atoms with Crippen molar-refractivity contribution in [2.24, 2.45) is 0 Å². The third-order valence-corrected chi connectivity index (χ3v) is 9.49. The van der Waals surface area contributed by atoms with Crippen LogP contribution in [0.4, 0.5) is 0 Å². The highest BCUT2D eigenvalue weighted by Gasteiger charge is 2.27. The van der Waals surface area contributed by atoms with Gasteiger partial charge in [0.25, 0.3) is 0 Å². The maximum Gasteiger partial charge on any atom is 0.472 e. The van der Waals surface area contributed by atoms with Crippen LogP contribution < -0.4 is 0 Å². The van der Waals surface area contributed by atoms with Crippen LogP contribution in [0.25, 0.3) is 0 Å². The quantitative estimate of drug-likeness (QED) is 0.0218. The minimum absolute atomic E-state index is 0.0213. The van der Waals surface area contributed by atoms with Crippen molar-refractivity contribution < 1.29 is 42.1 Å². The lowest BCUT2D eigenvalue weighted by Gasteiger charge is -2.24. The summed E-state index contributed by atoms with van der Waals surface area (Å²) in [6, 6.07) is 0. The molecule has 2 atom stereocenters. The lowest BCUT2D eigenvalue weighted by Crippen LogP contribution is -2.37. The fourth-order valence-corrected chi connectivity index (χ4v) is 5.92. The molecule has 0 saturated carbocycles. The number of hydrogen-bond donors (Lipinski definition) is 1. The molecule has 0 aliphatic rings. The maximum absolute atomic E-state index is 12.7. The predicted molar refractivity (Wildman–Crippen MR) is 224 cm³/mol. The summed E-state index contributed by atoms with van der Waals surface area (Å²) < 4.78 is 34.2. The van der Waals surface area contributed by atoms with Crippen molar-refractivity contribution in [2.45, 2.75) is 161 Å². The Morgan fingerprint density at radius 2 is 1.04 bits per heavy atom. The molecule has 0 amide bonds. The molecule has 10 heteroatoms. The number of nitrogens with zero attached hydrogens (tertiary/aromatic N) is 1. The molecule has 54 heavy (non-hydrogen) atoms. The highest BCUT2D eigenvalue weighted by Crippen LogP contribution is 2.43. The van der Waals surface area contributed by atoms with Gasteiger partial charge >= 0.3 is 19.8 Å². The number of ether oxygens (including phenoxy) is 2. The van der Waals surface area contributed by atoms with Gasteiger partial charge in [-0.1, -0.05) is 126 Å². The topological polar surface area (TPSA) is 108 Å². The zero-order valence-corrected chi connectivity index (χ0v) is 35.8. The van der Waals surface area contributed by atoms with Gasteiger partial charge in [-0.3, -0.25) is 18.6 Å². The molecular weight excluding hydrogens is 701 g/mol. The van der Waals surface area contributed by atoms with E-state index in [0.29, 0.717) is 17.4 Å². The molecule has 312 valence electrons. The second kappa shape index (κ2) is 36.4. The van der Waals surface area contributed by atoms with E-state index in [0.717, 1.165) is 83.5 Å². The van der Waals surface area contributed by atoms with Crippen molar-refractivity contribution in [3.05, 3.63) is 60.8 Å². The Bertz CT molecular complexity index is 1110. The van der Waals surface area contributed by atoms with Gasteiger partial charge in [0.1, 0.15) is 19.8 Å². The Morgan fingerprint density at radius 3 is 1.59 bits per heavy atom. The van der Waals surface area contributed by atoms with Crippen LogP contribution in [-0.4, -0.2) is 74.9 Å². The second-order valence-electron chi connectivity index (χ2n) is 15.0. The van der Waals surface area contributed by atoms with Crippen molar-refractivity contribution in [3.63, 3.8) is 0 Å². The predicted octanol–water partition coefficient (Wildman–Crippen LogP) is 11.7. The number of likely N-dealkylation sites (N-methyl/N-ethyl adjacent to an activating group) is 1. The van der Waals surface area contributed by atoms with Gasteiger partial charge in [0.05, 0.1) is 27.7 Å². The standard InChI is InChI=1S/C44H78NO8P/c1-6-8-10-12-14-16-18-20-21-22-23-25-27-29-31-33-35-37-44(47)53-42(41-52-54(48,49)51-39-38-45(3,4)5)40-50-43(46)36-34-32-30-28-26-24-19-17-15-13-11-9-7-2/h10,12,16-19,21-22,25,27,42H,6-9,11,13-15,20,23-24,26,28-41H2,1-5H3/p+1/b12-10+,18-16+,19-17+,22-21+,27-25+/t42-/m1/s1. The van der Waals surface area contributed by atoms with Gasteiger partial charge in [-0.25, -0.2) is 4.57 Å². The summed E-state index contributed by atoms with van der Waals surface area (Å²) in [6.07, 6.45) is 42.6. The molecule has 0 aromatic rings. The number of rotatable bonds is 37. The summed E-state index contributed by atoms with van der Waals surface area (Å²) in [5.74, 6) is -0.851. The number of allylic oxidation sites excluding steroid dienone is 10. The first-order chi connectivity index (χ1) is 26.0. The van der Waals surface area contributed by atoms with Crippen LogP contribution in [0, 0.1) is 0 Å². The number of esters is 2. The molecule has 0 radical (unpaired) electrons. The lowest BCUT2D eigenvalue weighted by atomic mass is 10.1. The summed E-state index contributed by atoms with van der Waals surface area (Å²) in [5.41, 5.74) is 0. The molecule has 0 heterocycles. The zero-order chi connectivity index (χ0) is 40.0. The summed E-state index contributed by atoms with van der Waals surface area (Å²) in [4.78, 5) is 35.3. The molecule has 1 N–H and O–H groups in total. The van der Waals surface area contributed by atoms with Crippen molar-refractivity contribution in [1.29, 1.82) is 0 Å². The summed E-state index contributed by atoms with van der Waals surface area (Å²) in [5, 5.41) is 0. The lowest BCUT2D eigenvalue weighted by molar-refractivity contribution is -0.870. The van der Waals surface area contributed by atoms with E-state index in [1.54, 1.807) is 0 Å². The Morgan fingerprint density at radius 1 is 0.574 bits per heavy atom. The average Bonchev–Trinajstić information content (AvgIpc) is 3.12. The summed E-state index contributed by atoms with van der Waals surface area (Å²) >= 11 is 0. The van der Waals surface area contributed by atoms with Gasteiger partial charge in [0.15, 0.2) is 6.10 Å². The monoisotopic (exact) mass is 781 g/mol. The molecule has 0 fully saturated rings. The molecule has 1 unspecified atom stereocenters. The Balaban J connectivity index is 4.48. The zero-order valence-electron chi connectivity index (χ0n) is 34.9. The molecule has 0 saturated heterocycles. The molecule has 0 rings (SSSR count). The summed E-state index contributed by atoms with van der Waals surface area (Å²) in [6.45, 7) is 4.27. The first kappa shape index (κ1) is 51.7. The molecule has 0 aromatic heterocycles. The van der Waals surface area contributed by atoms with E-state index in [2.05, 4.69) is 74.6 Å². The van der Waals surface area contributed by atoms with E-state index >= 15 is 0 Å². The Kier molecular flexibility index (Phi) is 34.8. The minimum Gasteiger partial charge on any atom is -0.462 e. The number of phosphoric ester groups is 1. The van der Waals surface area contributed by atoms with E-state index in [9.17, 15) is 19.0 Å². The average molecular weight is 781 g/mol. The van der Waals surface area contributed by atoms with Crippen molar-refractivity contribution in [2.75, 3.05) is 47.5 Å².